The lowest BCUT2D eigenvalue weighted by molar-refractivity contribution is 0.224. The van der Waals surface area contributed by atoms with E-state index in [1.807, 2.05) is 105 Å². The minimum Gasteiger partial charge on any atom is -0.477 e. The van der Waals surface area contributed by atoms with Crippen LogP contribution in [0.2, 0.25) is 0 Å². The van der Waals surface area contributed by atoms with Crippen molar-refractivity contribution in [2.75, 3.05) is 11.9 Å². The molecule has 4 aromatic carbocycles. The Balaban J connectivity index is 1.47. The standard InChI is InChI=1S/C38H38FN5O3S/c1-26(2)34-32(39)24-27-14-12-21-31(27)35(34)41-37(45)42-48(46,33-25-40-44-22-13-23-47-36(33)44)43-38(28-15-6-3-7-16-28,29-17-8-4-9-18-29)30-19-10-5-11-20-30/h3-11,15-20,24-26H,12-14,21-23H2,1-2H3,(H2,41,42,43,45,46)/t48-/m1/s1. The van der Waals surface area contributed by atoms with Gasteiger partial charge in [-0.2, -0.15) is 9.46 Å². The van der Waals surface area contributed by atoms with Crippen molar-refractivity contribution in [1.29, 1.82) is 0 Å². The zero-order valence-electron chi connectivity index (χ0n) is 27.0. The molecule has 0 bridgehead atoms. The second-order valence-electron chi connectivity index (χ2n) is 12.5. The van der Waals surface area contributed by atoms with Crippen molar-refractivity contribution in [3.05, 3.63) is 142 Å². The molecule has 2 aliphatic rings. The molecule has 1 aliphatic carbocycles. The molecule has 10 heteroatoms. The number of benzene rings is 4. The van der Waals surface area contributed by atoms with Crippen LogP contribution < -0.4 is 14.8 Å². The number of carbonyl (C=O) groups is 1. The first-order valence-electron chi connectivity index (χ1n) is 16.4. The Morgan fingerprint density at radius 2 is 1.54 bits per heavy atom. The Morgan fingerprint density at radius 1 is 0.938 bits per heavy atom. The monoisotopic (exact) mass is 663 g/mol. The van der Waals surface area contributed by atoms with Gasteiger partial charge in [0.05, 0.1) is 18.5 Å². The molecule has 246 valence electrons. The average Bonchev–Trinajstić information content (AvgIpc) is 3.76. The summed E-state index contributed by atoms with van der Waals surface area (Å²) in [6, 6.07) is 29.7. The number of aryl methyl sites for hydroxylation is 2. The molecule has 1 aromatic heterocycles. The maximum absolute atomic E-state index is 15.8. The summed E-state index contributed by atoms with van der Waals surface area (Å²) in [5.41, 5.74) is 3.59. The lowest BCUT2D eigenvalue weighted by Gasteiger charge is -2.33. The van der Waals surface area contributed by atoms with E-state index in [2.05, 4.69) is 15.1 Å². The third kappa shape index (κ3) is 5.64. The second kappa shape index (κ2) is 12.9. The van der Waals surface area contributed by atoms with E-state index in [0.29, 0.717) is 36.7 Å². The van der Waals surface area contributed by atoms with Crippen molar-refractivity contribution in [3.63, 3.8) is 0 Å². The van der Waals surface area contributed by atoms with Gasteiger partial charge in [0.15, 0.2) is 9.92 Å². The van der Waals surface area contributed by atoms with Crippen molar-refractivity contribution >= 4 is 21.6 Å². The number of aromatic nitrogens is 2. The fraction of sp³-hybridized carbons (Fsp3) is 0.263. The molecule has 1 atom stereocenters. The van der Waals surface area contributed by atoms with Crippen LogP contribution in [0.15, 0.2) is 113 Å². The minimum absolute atomic E-state index is 0.165. The summed E-state index contributed by atoms with van der Waals surface area (Å²) in [5.74, 6) is -0.257. The number of hydrogen-bond acceptors (Lipinski definition) is 5. The summed E-state index contributed by atoms with van der Waals surface area (Å²) in [6.07, 6.45) is 4.53. The number of amides is 2. The normalized spacial score (nSPS) is 15.2. The summed E-state index contributed by atoms with van der Waals surface area (Å²) in [6.45, 7) is 4.78. The zero-order chi connectivity index (χ0) is 33.3. The lowest BCUT2D eigenvalue weighted by atomic mass is 9.78. The Morgan fingerprint density at radius 3 is 2.12 bits per heavy atom. The van der Waals surface area contributed by atoms with Gasteiger partial charge in [0.1, 0.15) is 16.3 Å². The summed E-state index contributed by atoms with van der Waals surface area (Å²) in [5, 5.41) is 7.43. The second-order valence-corrected chi connectivity index (χ2v) is 14.4. The molecule has 8 nitrogen and oxygen atoms in total. The number of urea groups is 1. The number of hydrogen-bond donors (Lipinski definition) is 2. The molecule has 2 amide bonds. The summed E-state index contributed by atoms with van der Waals surface area (Å²) >= 11 is 0. The van der Waals surface area contributed by atoms with Gasteiger partial charge in [-0.15, -0.1) is 0 Å². The topological polar surface area (TPSA) is 97.6 Å². The largest absolute Gasteiger partial charge is 0.477 e. The third-order valence-corrected chi connectivity index (χ3v) is 11.0. The van der Waals surface area contributed by atoms with Gasteiger partial charge in [0, 0.05) is 18.5 Å². The number of nitrogens with one attached hydrogen (secondary N) is 2. The van der Waals surface area contributed by atoms with Gasteiger partial charge in [0.25, 0.3) is 0 Å². The Bertz CT molecular complexity index is 1980. The molecule has 1 aliphatic heterocycles. The number of fused-ring (bicyclic) bond motifs is 2. The fourth-order valence-electron chi connectivity index (χ4n) is 6.95. The molecule has 0 fully saturated rings. The maximum Gasteiger partial charge on any atom is 0.331 e. The van der Waals surface area contributed by atoms with E-state index in [-0.39, 0.29) is 16.6 Å². The van der Waals surface area contributed by atoms with Crippen LogP contribution in [0.3, 0.4) is 0 Å². The molecule has 0 unspecified atom stereocenters. The number of nitrogens with zero attached hydrogens (tertiary/aromatic N) is 3. The van der Waals surface area contributed by atoms with Gasteiger partial charge in [-0.1, -0.05) is 105 Å². The summed E-state index contributed by atoms with van der Waals surface area (Å²) in [7, 11) is -3.88. The van der Waals surface area contributed by atoms with Crippen molar-refractivity contribution in [1.82, 2.24) is 14.5 Å². The zero-order valence-corrected chi connectivity index (χ0v) is 27.8. The number of rotatable bonds is 8. The van der Waals surface area contributed by atoms with Crippen LogP contribution >= 0.6 is 0 Å². The molecule has 2 heterocycles. The van der Waals surface area contributed by atoms with E-state index in [1.54, 1.807) is 10.7 Å². The van der Waals surface area contributed by atoms with Crippen molar-refractivity contribution in [2.45, 2.75) is 62.4 Å². The quantitative estimate of drug-likeness (QED) is 0.165. The first-order valence-corrected chi connectivity index (χ1v) is 17.9. The molecule has 0 saturated heterocycles. The van der Waals surface area contributed by atoms with Gasteiger partial charge >= 0.3 is 6.03 Å². The molecule has 0 saturated carbocycles. The lowest BCUT2D eigenvalue weighted by Crippen LogP contribution is -2.38. The highest BCUT2D eigenvalue weighted by Crippen LogP contribution is 2.43. The van der Waals surface area contributed by atoms with Crippen molar-refractivity contribution in [3.8, 4) is 5.88 Å². The van der Waals surface area contributed by atoms with Gasteiger partial charge in [0.2, 0.25) is 5.88 Å². The number of anilines is 1. The van der Waals surface area contributed by atoms with E-state index in [4.69, 9.17) is 9.10 Å². The SMILES string of the molecule is CC(C)c1c(F)cc2c(c1NC(=O)N[S@@](=O)(=NC(c1ccccc1)(c1ccccc1)c1ccccc1)c1cnn3c1OCCC3)CCC2. The molecular weight excluding hydrogens is 626 g/mol. The number of ether oxygens (including phenoxy) is 1. The number of halogens is 1. The predicted octanol–water partition coefficient (Wildman–Crippen LogP) is 7.97. The highest BCUT2D eigenvalue weighted by atomic mass is 32.2. The predicted molar refractivity (Wildman–Crippen MR) is 185 cm³/mol. The van der Waals surface area contributed by atoms with E-state index in [0.717, 1.165) is 47.1 Å². The van der Waals surface area contributed by atoms with Gasteiger partial charge in [-0.3, -0.25) is 0 Å². The van der Waals surface area contributed by atoms with Gasteiger partial charge < -0.3 is 10.1 Å². The Kier molecular flexibility index (Phi) is 8.51. The molecular formula is C38H38FN5O3S. The fourth-order valence-corrected chi connectivity index (χ4v) is 8.80. The molecule has 0 radical (unpaired) electrons. The van der Waals surface area contributed by atoms with Crippen LogP contribution in [-0.2, 0) is 34.8 Å². The van der Waals surface area contributed by atoms with E-state index in [9.17, 15) is 4.79 Å². The van der Waals surface area contributed by atoms with Gasteiger partial charge in [-0.05, 0) is 59.1 Å². The van der Waals surface area contributed by atoms with E-state index < -0.39 is 21.5 Å². The van der Waals surface area contributed by atoms with Crippen molar-refractivity contribution < 1.29 is 18.1 Å². The van der Waals surface area contributed by atoms with Gasteiger partial charge in [-0.25, -0.2) is 22.8 Å². The van der Waals surface area contributed by atoms with Crippen molar-refractivity contribution in [2.24, 2.45) is 4.36 Å². The van der Waals surface area contributed by atoms with Crippen LogP contribution in [0.1, 0.15) is 66.0 Å². The Labute approximate surface area is 280 Å². The first-order chi connectivity index (χ1) is 23.3. The van der Waals surface area contributed by atoms with E-state index in [1.165, 1.54) is 6.20 Å². The molecule has 7 rings (SSSR count). The minimum atomic E-state index is -3.88. The molecule has 2 N–H and O–H groups in total. The van der Waals surface area contributed by atoms with E-state index >= 15 is 8.60 Å². The summed E-state index contributed by atoms with van der Waals surface area (Å²) in [4.78, 5) is 14.4. The smallest absolute Gasteiger partial charge is 0.331 e. The van der Waals surface area contributed by atoms with Crippen LogP contribution in [0, 0.1) is 5.82 Å². The number of carbonyl (C=O) groups excluding carboxylic acids is 1. The van der Waals surface area contributed by atoms with Crippen LogP contribution in [0.4, 0.5) is 14.9 Å². The molecule has 5 aromatic rings. The highest BCUT2D eigenvalue weighted by molar-refractivity contribution is 7.92. The Hall–Kier alpha value is -4.96. The van der Waals surface area contributed by atoms with Crippen LogP contribution in [0.25, 0.3) is 0 Å². The highest BCUT2D eigenvalue weighted by Gasteiger charge is 2.40. The maximum atomic E-state index is 15.8. The first kappa shape index (κ1) is 31.6. The third-order valence-electron chi connectivity index (χ3n) is 9.09. The van der Waals surface area contributed by atoms with Crippen LogP contribution in [0.5, 0.6) is 5.88 Å². The summed E-state index contributed by atoms with van der Waals surface area (Å²) < 4.78 is 47.1. The molecule has 48 heavy (non-hydrogen) atoms. The van der Waals surface area contributed by atoms with Crippen LogP contribution in [-0.4, -0.2) is 26.6 Å². The average molecular weight is 664 g/mol. The molecule has 0 spiro atoms.